The van der Waals surface area contributed by atoms with Crippen molar-refractivity contribution in [2.75, 3.05) is 0 Å². The number of fused-ring (bicyclic) bond motifs is 16. The summed E-state index contributed by atoms with van der Waals surface area (Å²) in [4.78, 5) is 12.1. The third-order valence-electron chi connectivity index (χ3n) is 12.4. The number of aromatic nitrogens is 5. The number of hydrogen-bond donors (Lipinski definition) is 0. The van der Waals surface area contributed by atoms with Gasteiger partial charge in [-0.15, -0.1) is 11.3 Å². The Balaban J connectivity index is 1.14. The minimum absolute atomic E-state index is 0.708. The van der Waals surface area contributed by atoms with Gasteiger partial charge in [0, 0.05) is 64.4 Å². The van der Waals surface area contributed by atoms with Crippen LogP contribution in [0.2, 0.25) is 0 Å². The maximum absolute atomic E-state index is 5.69. The zero-order valence-electron chi connectivity index (χ0n) is 30.9. The molecule has 0 aliphatic carbocycles. The number of nitrogens with zero attached hydrogens (tertiary/aromatic N) is 5. The van der Waals surface area contributed by atoms with Gasteiger partial charge in [0.15, 0.2) is 11.6 Å². The quantitative estimate of drug-likeness (QED) is 0.180. The molecule has 268 valence electrons. The van der Waals surface area contributed by atoms with E-state index in [1.807, 2.05) is 0 Å². The SMILES string of the molecule is c1ccc(-n2c3ccccc3c3ccc(-c4nc(-n5c6ccccc6c6c7c8ccccc8n8c9ccccc9c(cc65)c78)c5c(n4)sc4ccccc45)cc32)cc1. The summed E-state index contributed by atoms with van der Waals surface area (Å²) in [6, 6.07) is 63.7. The Morgan fingerprint density at radius 2 is 0.966 bits per heavy atom. The van der Waals surface area contributed by atoms with Gasteiger partial charge in [-0.25, -0.2) is 9.97 Å². The van der Waals surface area contributed by atoms with Crippen LogP contribution < -0.4 is 0 Å². The van der Waals surface area contributed by atoms with Crippen molar-refractivity contribution in [3.05, 3.63) is 176 Å². The van der Waals surface area contributed by atoms with Gasteiger partial charge in [-0.1, -0.05) is 121 Å². The Morgan fingerprint density at radius 3 is 1.74 bits per heavy atom. The van der Waals surface area contributed by atoms with E-state index in [0.717, 1.165) is 43.8 Å². The van der Waals surface area contributed by atoms with Crippen LogP contribution in [0.1, 0.15) is 0 Å². The Kier molecular flexibility index (Phi) is 5.85. The van der Waals surface area contributed by atoms with Crippen molar-refractivity contribution in [1.29, 1.82) is 0 Å². The summed E-state index contributed by atoms with van der Waals surface area (Å²) >= 11 is 1.74. The zero-order valence-corrected chi connectivity index (χ0v) is 31.7. The molecule has 14 aromatic rings. The van der Waals surface area contributed by atoms with Crippen LogP contribution in [0.3, 0.4) is 0 Å². The first-order valence-electron chi connectivity index (χ1n) is 19.7. The van der Waals surface area contributed by atoms with E-state index in [1.165, 1.54) is 75.2 Å². The van der Waals surface area contributed by atoms with Gasteiger partial charge < -0.3 is 8.97 Å². The second-order valence-corrected chi connectivity index (χ2v) is 16.4. The molecule has 6 aromatic heterocycles. The highest BCUT2D eigenvalue weighted by atomic mass is 32.1. The average molecular weight is 756 g/mol. The molecule has 0 spiro atoms. The number of para-hydroxylation sites is 5. The minimum Gasteiger partial charge on any atom is -0.309 e. The second-order valence-electron chi connectivity index (χ2n) is 15.3. The summed E-state index contributed by atoms with van der Waals surface area (Å²) in [6.07, 6.45) is 0. The van der Waals surface area contributed by atoms with Gasteiger partial charge in [0.05, 0.1) is 44.0 Å². The van der Waals surface area contributed by atoms with Crippen LogP contribution in [0.15, 0.2) is 176 Å². The molecule has 0 saturated heterocycles. The summed E-state index contributed by atoms with van der Waals surface area (Å²) in [5, 5.41) is 12.2. The van der Waals surface area contributed by atoms with Crippen LogP contribution in [-0.4, -0.2) is 23.5 Å². The molecule has 0 amide bonds. The van der Waals surface area contributed by atoms with E-state index in [9.17, 15) is 0 Å². The molecule has 0 N–H and O–H groups in total. The summed E-state index contributed by atoms with van der Waals surface area (Å²) in [6.45, 7) is 0. The molecular formula is C52H29N5S. The predicted molar refractivity (Wildman–Crippen MR) is 244 cm³/mol. The third-order valence-corrected chi connectivity index (χ3v) is 13.4. The van der Waals surface area contributed by atoms with Crippen LogP contribution >= 0.6 is 11.3 Å². The Morgan fingerprint density at radius 1 is 0.379 bits per heavy atom. The van der Waals surface area contributed by atoms with Crippen LogP contribution in [0, 0.1) is 0 Å². The van der Waals surface area contributed by atoms with Gasteiger partial charge in [0.1, 0.15) is 4.83 Å². The average Bonchev–Trinajstić information content (AvgIpc) is 4.08. The van der Waals surface area contributed by atoms with Crippen molar-refractivity contribution >= 4 is 113 Å². The maximum Gasteiger partial charge on any atom is 0.163 e. The van der Waals surface area contributed by atoms with Crippen molar-refractivity contribution < 1.29 is 0 Å². The summed E-state index contributed by atoms with van der Waals surface area (Å²) in [7, 11) is 0. The van der Waals surface area contributed by atoms with Crippen LogP contribution in [0.4, 0.5) is 0 Å². The maximum atomic E-state index is 5.69. The molecule has 14 rings (SSSR count). The van der Waals surface area contributed by atoms with Crippen molar-refractivity contribution in [1.82, 2.24) is 23.5 Å². The van der Waals surface area contributed by atoms with Gasteiger partial charge in [0.2, 0.25) is 0 Å². The summed E-state index contributed by atoms with van der Waals surface area (Å²) in [5.41, 5.74) is 10.4. The lowest BCUT2D eigenvalue weighted by atomic mass is 10.0. The highest BCUT2D eigenvalue weighted by Crippen LogP contribution is 2.48. The van der Waals surface area contributed by atoms with Crippen molar-refractivity contribution in [3.63, 3.8) is 0 Å². The number of rotatable bonds is 3. The van der Waals surface area contributed by atoms with Crippen molar-refractivity contribution in [2.24, 2.45) is 0 Å². The molecular weight excluding hydrogens is 727 g/mol. The summed E-state index contributed by atoms with van der Waals surface area (Å²) < 4.78 is 8.46. The van der Waals surface area contributed by atoms with E-state index < -0.39 is 0 Å². The Labute approximate surface area is 334 Å². The lowest BCUT2D eigenvalue weighted by molar-refractivity contribution is 1.08. The van der Waals surface area contributed by atoms with Gasteiger partial charge in [-0.2, -0.15) is 0 Å². The largest absolute Gasteiger partial charge is 0.309 e. The molecule has 0 aliphatic rings. The molecule has 0 atom stereocenters. The van der Waals surface area contributed by atoms with E-state index in [2.05, 4.69) is 189 Å². The van der Waals surface area contributed by atoms with Gasteiger partial charge in [-0.3, -0.25) is 4.57 Å². The van der Waals surface area contributed by atoms with Crippen LogP contribution in [0.25, 0.3) is 125 Å². The van der Waals surface area contributed by atoms with Crippen LogP contribution in [-0.2, 0) is 0 Å². The molecule has 8 aromatic carbocycles. The van der Waals surface area contributed by atoms with E-state index in [-0.39, 0.29) is 0 Å². The van der Waals surface area contributed by atoms with Gasteiger partial charge >= 0.3 is 0 Å². The fourth-order valence-corrected chi connectivity index (χ4v) is 11.1. The fraction of sp³-hybridized carbons (Fsp3) is 0. The first kappa shape index (κ1) is 30.7. The second kappa shape index (κ2) is 11.1. The van der Waals surface area contributed by atoms with Gasteiger partial charge in [-0.05, 0) is 54.6 Å². The molecule has 5 nitrogen and oxygen atoms in total. The Hall–Kier alpha value is -7.54. The van der Waals surface area contributed by atoms with Crippen molar-refractivity contribution in [2.45, 2.75) is 0 Å². The fourth-order valence-electron chi connectivity index (χ4n) is 10.1. The standard InChI is InChI=1S/C52H29N5S/c1-2-14-31(15-3-1)55-39-21-9-4-16-32(39)34-27-26-30(28-43(34)55)50-53-51(48-37-20-8-13-25-45(37)58-52(48)54-50)57-42-24-12-6-18-35(42)46-44(57)29-38-33-17-5-10-22-40(33)56-41-23-11-7-19-36(41)47(46)49(38)56/h1-29H. The lowest BCUT2D eigenvalue weighted by Gasteiger charge is -2.12. The topological polar surface area (TPSA) is 40.0 Å². The van der Waals surface area contributed by atoms with E-state index in [1.54, 1.807) is 11.3 Å². The number of benzene rings is 8. The zero-order chi connectivity index (χ0) is 37.6. The molecule has 58 heavy (non-hydrogen) atoms. The molecule has 0 bridgehead atoms. The smallest absolute Gasteiger partial charge is 0.163 e. The monoisotopic (exact) mass is 755 g/mol. The lowest BCUT2D eigenvalue weighted by Crippen LogP contribution is -2.02. The molecule has 0 aliphatic heterocycles. The third kappa shape index (κ3) is 3.85. The highest BCUT2D eigenvalue weighted by molar-refractivity contribution is 7.25. The molecule has 0 saturated carbocycles. The predicted octanol–water partition coefficient (Wildman–Crippen LogP) is 13.9. The van der Waals surface area contributed by atoms with E-state index in [4.69, 9.17) is 9.97 Å². The van der Waals surface area contributed by atoms with E-state index in [0.29, 0.717) is 5.82 Å². The van der Waals surface area contributed by atoms with Crippen LogP contribution in [0.5, 0.6) is 0 Å². The molecule has 6 heteroatoms. The molecule has 0 fully saturated rings. The molecule has 6 heterocycles. The number of thiophene rings is 1. The van der Waals surface area contributed by atoms with E-state index >= 15 is 0 Å². The number of hydrogen-bond acceptors (Lipinski definition) is 3. The normalized spacial score (nSPS) is 12.5. The molecule has 0 radical (unpaired) electrons. The first-order chi connectivity index (χ1) is 28.8. The minimum atomic E-state index is 0.708. The molecule has 0 unspecified atom stereocenters. The highest BCUT2D eigenvalue weighted by Gasteiger charge is 2.26. The van der Waals surface area contributed by atoms with Gasteiger partial charge in [0.25, 0.3) is 0 Å². The summed E-state index contributed by atoms with van der Waals surface area (Å²) in [5.74, 6) is 1.60. The first-order valence-corrected chi connectivity index (χ1v) is 20.5. The Bertz CT molecular complexity index is 4030. The van der Waals surface area contributed by atoms with Crippen molar-refractivity contribution in [3.8, 4) is 22.9 Å².